The SMILES string of the molecule is Cc1csc(N2C(=O)c3oc4ccc(Cl)cc4c(=O)c3[C@H]2c2ccc(OC(C)C)cc2)n1. The van der Waals surface area contributed by atoms with E-state index in [1.54, 1.807) is 18.2 Å². The lowest BCUT2D eigenvalue weighted by atomic mass is 9.98. The highest BCUT2D eigenvalue weighted by Crippen LogP contribution is 2.42. The van der Waals surface area contributed by atoms with E-state index in [1.807, 2.05) is 50.4 Å². The van der Waals surface area contributed by atoms with E-state index in [0.29, 0.717) is 26.9 Å². The zero-order chi connectivity index (χ0) is 22.6. The Morgan fingerprint density at radius 3 is 2.56 bits per heavy atom. The number of carbonyl (C=O) groups is 1. The lowest BCUT2D eigenvalue weighted by Gasteiger charge is -2.23. The lowest BCUT2D eigenvalue weighted by Crippen LogP contribution is -2.29. The molecule has 2 aromatic heterocycles. The van der Waals surface area contributed by atoms with Gasteiger partial charge in [0.25, 0.3) is 5.91 Å². The average Bonchev–Trinajstić information content (AvgIpc) is 3.30. The summed E-state index contributed by atoms with van der Waals surface area (Å²) in [7, 11) is 0. The topological polar surface area (TPSA) is 72.6 Å². The van der Waals surface area contributed by atoms with Crippen LogP contribution < -0.4 is 15.1 Å². The number of nitrogens with zero attached hydrogens (tertiary/aromatic N) is 2. The summed E-state index contributed by atoms with van der Waals surface area (Å²) in [5.74, 6) is 0.350. The summed E-state index contributed by atoms with van der Waals surface area (Å²) in [5.41, 5.74) is 1.89. The summed E-state index contributed by atoms with van der Waals surface area (Å²) in [6.45, 7) is 5.77. The van der Waals surface area contributed by atoms with Crippen LogP contribution in [0.5, 0.6) is 5.75 Å². The molecule has 2 aromatic carbocycles. The molecule has 0 N–H and O–H groups in total. The summed E-state index contributed by atoms with van der Waals surface area (Å²) < 4.78 is 11.7. The minimum absolute atomic E-state index is 0.0326. The van der Waals surface area contributed by atoms with Crippen LogP contribution in [0, 0.1) is 6.92 Å². The van der Waals surface area contributed by atoms with Gasteiger partial charge in [-0.3, -0.25) is 14.5 Å². The number of carbonyl (C=O) groups excluding carboxylic acids is 1. The molecule has 0 saturated heterocycles. The molecule has 1 atom stereocenters. The number of anilines is 1. The van der Waals surface area contributed by atoms with Crippen molar-refractivity contribution in [3.05, 3.63) is 85.7 Å². The van der Waals surface area contributed by atoms with Crippen molar-refractivity contribution in [2.45, 2.75) is 32.9 Å². The zero-order valence-electron chi connectivity index (χ0n) is 17.6. The molecule has 0 bridgehead atoms. The van der Waals surface area contributed by atoms with Crippen molar-refractivity contribution < 1.29 is 13.9 Å². The van der Waals surface area contributed by atoms with Gasteiger partial charge in [-0.1, -0.05) is 23.7 Å². The molecule has 4 aromatic rings. The summed E-state index contributed by atoms with van der Waals surface area (Å²) >= 11 is 7.48. The first-order chi connectivity index (χ1) is 15.3. The van der Waals surface area contributed by atoms with Crippen molar-refractivity contribution in [2.75, 3.05) is 4.90 Å². The summed E-state index contributed by atoms with van der Waals surface area (Å²) in [6, 6.07) is 11.5. The molecule has 0 unspecified atom stereocenters. The second-order valence-electron chi connectivity index (χ2n) is 7.90. The van der Waals surface area contributed by atoms with Gasteiger partial charge in [0.2, 0.25) is 5.76 Å². The molecule has 6 nitrogen and oxygen atoms in total. The van der Waals surface area contributed by atoms with Crippen molar-refractivity contribution in [1.29, 1.82) is 0 Å². The summed E-state index contributed by atoms with van der Waals surface area (Å²) in [5, 5.41) is 3.14. The van der Waals surface area contributed by atoms with Crippen LogP contribution in [0.15, 0.2) is 57.1 Å². The molecule has 1 amide bonds. The molecule has 0 radical (unpaired) electrons. The van der Waals surface area contributed by atoms with E-state index >= 15 is 0 Å². The van der Waals surface area contributed by atoms with Gasteiger partial charge in [-0.25, -0.2) is 4.98 Å². The monoisotopic (exact) mass is 466 g/mol. The number of benzene rings is 2. The molecule has 162 valence electrons. The van der Waals surface area contributed by atoms with Crippen LogP contribution in [-0.2, 0) is 0 Å². The highest BCUT2D eigenvalue weighted by atomic mass is 35.5. The molecular weight excluding hydrogens is 448 g/mol. The normalized spacial score (nSPS) is 15.6. The molecular formula is C24H19ClN2O4S. The molecule has 1 aliphatic rings. The number of aromatic nitrogens is 1. The van der Waals surface area contributed by atoms with Gasteiger partial charge >= 0.3 is 0 Å². The van der Waals surface area contributed by atoms with E-state index in [1.165, 1.54) is 16.2 Å². The smallest absolute Gasteiger partial charge is 0.297 e. The molecule has 1 aliphatic heterocycles. The lowest BCUT2D eigenvalue weighted by molar-refractivity contribution is 0.0971. The van der Waals surface area contributed by atoms with Gasteiger partial charge in [0.05, 0.1) is 28.8 Å². The van der Waals surface area contributed by atoms with Crippen LogP contribution in [0.2, 0.25) is 5.02 Å². The van der Waals surface area contributed by atoms with E-state index in [4.69, 9.17) is 20.8 Å². The second kappa shape index (κ2) is 7.76. The maximum absolute atomic E-state index is 13.6. The number of ether oxygens (including phenoxy) is 1. The first kappa shape index (κ1) is 20.7. The predicted molar refractivity (Wildman–Crippen MR) is 125 cm³/mol. The number of hydrogen-bond donors (Lipinski definition) is 0. The van der Waals surface area contributed by atoms with Gasteiger partial charge in [-0.2, -0.15) is 0 Å². The van der Waals surface area contributed by atoms with E-state index in [2.05, 4.69) is 4.98 Å². The predicted octanol–water partition coefficient (Wildman–Crippen LogP) is 5.75. The fourth-order valence-corrected chi connectivity index (χ4v) is 4.91. The highest BCUT2D eigenvalue weighted by molar-refractivity contribution is 7.14. The van der Waals surface area contributed by atoms with Crippen LogP contribution in [0.25, 0.3) is 11.0 Å². The third-order valence-electron chi connectivity index (χ3n) is 5.21. The van der Waals surface area contributed by atoms with Gasteiger partial charge in [-0.05, 0) is 56.7 Å². The highest BCUT2D eigenvalue weighted by Gasteiger charge is 2.44. The summed E-state index contributed by atoms with van der Waals surface area (Å²) in [6.07, 6.45) is 0.0348. The maximum atomic E-state index is 13.6. The average molecular weight is 467 g/mol. The van der Waals surface area contributed by atoms with Crippen molar-refractivity contribution in [3.8, 4) is 5.75 Å². The molecule has 32 heavy (non-hydrogen) atoms. The number of rotatable bonds is 4. The third kappa shape index (κ3) is 3.38. The molecule has 3 heterocycles. The molecule has 0 spiro atoms. The van der Waals surface area contributed by atoms with Crippen LogP contribution in [0.1, 0.15) is 47.3 Å². The van der Waals surface area contributed by atoms with Crippen molar-refractivity contribution >= 4 is 44.9 Å². The Morgan fingerprint density at radius 1 is 1.16 bits per heavy atom. The molecule has 8 heteroatoms. The first-order valence-electron chi connectivity index (χ1n) is 10.1. The zero-order valence-corrected chi connectivity index (χ0v) is 19.2. The molecule has 5 rings (SSSR count). The molecule has 0 aliphatic carbocycles. The van der Waals surface area contributed by atoms with Gasteiger partial charge < -0.3 is 9.15 Å². The van der Waals surface area contributed by atoms with Crippen LogP contribution in [0.4, 0.5) is 5.13 Å². The van der Waals surface area contributed by atoms with Crippen molar-refractivity contribution in [3.63, 3.8) is 0 Å². The number of fused-ring (bicyclic) bond motifs is 2. The number of aryl methyl sites for hydroxylation is 1. The fourth-order valence-electron chi connectivity index (χ4n) is 3.91. The van der Waals surface area contributed by atoms with Crippen molar-refractivity contribution in [1.82, 2.24) is 4.98 Å². The van der Waals surface area contributed by atoms with E-state index in [-0.39, 0.29) is 22.9 Å². The van der Waals surface area contributed by atoms with E-state index in [9.17, 15) is 9.59 Å². The third-order valence-corrected chi connectivity index (χ3v) is 6.41. The quantitative estimate of drug-likeness (QED) is 0.383. The second-order valence-corrected chi connectivity index (χ2v) is 9.17. The number of hydrogen-bond acceptors (Lipinski definition) is 6. The number of amides is 1. The Bertz CT molecular complexity index is 1410. The van der Waals surface area contributed by atoms with Crippen molar-refractivity contribution in [2.24, 2.45) is 0 Å². The largest absolute Gasteiger partial charge is 0.491 e. The van der Waals surface area contributed by atoms with Gasteiger partial charge in [0, 0.05) is 10.4 Å². The van der Waals surface area contributed by atoms with E-state index in [0.717, 1.165) is 11.3 Å². The molecule has 0 fully saturated rings. The molecule has 0 saturated carbocycles. The Kier molecular flexibility index (Phi) is 5.03. The van der Waals surface area contributed by atoms with E-state index < -0.39 is 11.9 Å². The maximum Gasteiger partial charge on any atom is 0.297 e. The minimum atomic E-state index is -0.671. The number of halogens is 1. The van der Waals surface area contributed by atoms with Crippen LogP contribution in [0.3, 0.4) is 0 Å². The standard InChI is InChI=1S/C24H19ClN2O4S/c1-12(2)30-16-7-4-14(5-8-16)20-19-21(28)17-10-15(25)6-9-18(17)31-22(19)23(29)27(20)24-26-13(3)11-32-24/h4-12,20H,1-3H3/t20-/m1/s1. The Hall–Kier alpha value is -3.16. The van der Waals surface area contributed by atoms with Crippen LogP contribution in [-0.4, -0.2) is 17.0 Å². The number of thiazole rings is 1. The first-order valence-corrected chi connectivity index (χ1v) is 11.4. The van der Waals surface area contributed by atoms with Crippen LogP contribution >= 0.6 is 22.9 Å². The van der Waals surface area contributed by atoms with Gasteiger partial charge in [-0.15, -0.1) is 11.3 Å². The Morgan fingerprint density at radius 2 is 1.91 bits per heavy atom. The Balaban J connectivity index is 1.73. The minimum Gasteiger partial charge on any atom is -0.491 e. The van der Waals surface area contributed by atoms with Gasteiger partial charge in [0.15, 0.2) is 10.6 Å². The van der Waals surface area contributed by atoms with Gasteiger partial charge in [0.1, 0.15) is 11.3 Å². The Labute approximate surface area is 193 Å². The summed E-state index contributed by atoms with van der Waals surface area (Å²) in [4.78, 5) is 33.1. The fraction of sp³-hybridized carbons (Fsp3) is 0.208.